The standard InChI is InChI=1S/C12H19NO3/c1-2-16-12(15)10-7-8-9(13-10)5-3-4-6-11(8)14/h8-10,13H,2-7H2,1H3/t8-,9+,10+/m1/s1. The van der Waals surface area contributed by atoms with Crippen LogP contribution >= 0.6 is 0 Å². The van der Waals surface area contributed by atoms with E-state index in [0.717, 1.165) is 19.3 Å². The molecule has 0 radical (unpaired) electrons. The van der Waals surface area contributed by atoms with Crippen molar-refractivity contribution in [2.24, 2.45) is 5.92 Å². The highest BCUT2D eigenvalue weighted by Crippen LogP contribution is 2.30. The van der Waals surface area contributed by atoms with Crippen LogP contribution in [0.15, 0.2) is 0 Å². The van der Waals surface area contributed by atoms with Crippen LogP contribution in [-0.4, -0.2) is 30.4 Å². The molecule has 1 aliphatic carbocycles. The van der Waals surface area contributed by atoms with Gasteiger partial charge in [-0.25, -0.2) is 0 Å². The maximum atomic E-state index is 11.8. The third kappa shape index (κ3) is 2.26. The summed E-state index contributed by atoms with van der Waals surface area (Å²) < 4.78 is 4.99. The van der Waals surface area contributed by atoms with Crippen LogP contribution in [0.5, 0.6) is 0 Å². The number of Topliss-reactive ketones (excluding diaryl/α,β-unsaturated/α-hetero) is 1. The zero-order chi connectivity index (χ0) is 11.5. The van der Waals surface area contributed by atoms with E-state index in [1.807, 2.05) is 0 Å². The van der Waals surface area contributed by atoms with Crippen LogP contribution in [0.2, 0.25) is 0 Å². The SMILES string of the molecule is CCOC(=O)[C@@H]1C[C@H]2C(=O)CCCC[C@@H]2N1. The summed E-state index contributed by atoms with van der Waals surface area (Å²) in [6.07, 6.45) is 4.39. The van der Waals surface area contributed by atoms with Crippen molar-refractivity contribution in [3.05, 3.63) is 0 Å². The number of rotatable bonds is 2. The van der Waals surface area contributed by atoms with Crippen LogP contribution in [0.3, 0.4) is 0 Å². The molecule has 2 aliphatic rings. The van der Waals surface area contributed by atoms with Crippen LogP contribution in [0.4, 0.5) is 0 Å². The molecule has 16 heavy (non-hydrogen) atoms. The van der Waals surface area contributed by atoms with Crippen molar-refractivity contribution in [2.75, 3.05) is 6.61 Å². The Kier molecular flexibility index (Phi) is 3.59. The van der Waals surface area contributed by atoms with Gasteiger partial charge in [-0.2, -0.15) is 0 Å². The Bertz CT molecular complexity index is 290. The Balaban J connectivity index is 1.99. The molecule has 0 amide bonds. The number of hydrogen-bond donors (Lipinski definition) is 1. The van der Waals surface area contributed by atoms with E-state index < -0.39 is 0 Å². The van der Waals surface area contributed by atoms with Gasteiger partial charge in [0.05, 0.1) is 6.61 Å². The van der Waals surface area contributed by atoms with Gasteiger partial charge < -0.3 is 10.1 Å². The van der Waals surface area contributed by atoms with Crippen molar-refractivity contribution in [3.8, 4) is 0 Å². The van der Waals surface area contributed by atoms with Gasteiger partial charge in [0.25, 0.3) is 0 Å². The monoisotopic (exact) mass is 225 g/mol. The molecule has 0 aromatic heterocycles. The van der Waals surface area contributed by atoms with Crippen molar-refractivity contribution in [2.45, 2.75) is 51.1 Å². The Hall–Kier alpha value is -0.900. The fraction of sp³-hybridized carbons (Fsp3) is 0.833. The molecule has 0 unspecified atom stereocenters. The molecular weight excluding hydrogens is 206 g/mol. The first-order valence-corrected chi connectivity index (χ1v) is 6.17. The third-order valence-electron chi connectivity index (χ3n) is 3.56. The predicted octanol–water partition coefficient (Wildman–Crippen LogP) is 1.04. The number of carbonyl (C=O) groups is 2. The molecule has 3 atom stereocenters. The Morgan fingerprint density at radius 3 is 3.06 bits per heavy atom. The summed E-state index contributed by atoms with van der Waals surface area (Å²) in [5.74, 6) is 0.155. The topological polar surface area (TPSA) is 55.4 Å². The molecule has 1 aliphatic heterocycles. The molecular formula is C12H19NO3. The van der Waals surface area contributed by atoms with Crippen molar-refractivity contribution < 1.29 is 14.3 Å². The highest BCUT2D eigenvalue weighted by atomic mass is 16.5. The maximum Gasteiger partial charge on any atom is 0.323 e. The zero-order valence-corrected chi connectivity index (χ0v) is 9.70. The fourth-order valence-electron chi connectivity index (χ4n) is 2.76. The van der Waals surface area contributed by atoms with E-state index in [0.29, 0.717) is 25.2 Å². The minimum absolute atomic E-state index is 0.0388. The molecule has 2 rings (SSSR count). The molecule has 0 spiro atoms. The van der Waals surface area contributed by atoms with Crippen LogP contribution < -0.4 is 5.32 Å². The first-order valence-electron chi connectivity index (χ1n) is 6.17. The summed E-state index contributed by atoms with van der Waals surface area (Å²) in [5, 5.41) is 3.25. The summed E-state index contributed by atoms with van der Waals surface area (Å²) in [4.78, 5) is 23.4. The molecule has 0 aromatic rings. The van der Waals surface area contributed by atoms with E-state index in [4.69, 9.17) is 4.74 Å². The van der Waals surface area contributed by atoms with Crippen molar-refractivity contribution >= 4 is 11.8 Å². The van der Waals surface area contributed by atoms with Gasteiger partial charge in [0.15, 0.2) is 0 Å². The number of nitrogens with one attached hydrogen (secondary N) is 1. The molecule has 90 valence electrons. The summed E-state index contributed by atoms with van der Waals surface area (Å²) in [6, 6.07) is -0.0681. The van der Waals surface area contributed by atoms with Crippen LogP contribution in [-0.2, 0) is 14.3 Å². The van der Waals surface area contributed by atoms with E-state index in [-0.39, 0.29) is 24.0 Å². The number of esters is 1. The van der Waals surface area contributed by atoms with Gasteiger partial charge in [-0.15, -0.1) is 0 Å². The molecule has 2 fully saturated rings. The molecule has 1 saturated carbocycles. The lowest BCUT2D eigenvalue weighted by atomic mass is 9.93. The lowest BCUT2D eigenvalue weighted by Gasteiger charge is -2.14. The second-order valence-corrected chi connectivity index (χ2v) is 4.63. The van der Waals surface area contributed by atoms with Gasteiger partial charge in [-0.3, -0.25) is 9.59 Å². The number of hydrogen-bond acceptors (Lipinski definition) is 4. The van der Waals surface area contributed by atoms with E-state index in [2.05, 4.69) is 5.32 Å². The average molecular weight is 225 g/mol. The van der Waals surface area contributed by atoms with Crippen molar-refractivity contribution in [1.29, 1.82) is 0 Å². The van der Waals surface area contributed by atoms with E-state index in [9.17, 15) is 9.59 Å². The smallest absolute Gasteiger partial charge is 0.323 e. The minimum Gasteiger partial charge on any atom is -0.465 e. The quantitative estimate of drug-likeness (QED) is 0.713. The molecule has 0 aromatic carbocycles. The van der Waals surface area contributed by atoms with E-state index >= 15 is 0 Å². The minimum atomic E-state index is -0.267. The number of carbonyl (C=O) groups excluding carboxylic acids is 2. The average Bonchev–Trinajstić information content (AvgIpc) is 2.62. The van der Waals surface area contributed by atoms with Gasteiger partial charge in [-0.05, 0) is 26.2 Å². The lowest BCUT2D eigenvalue weighted by molar-refractivity contribution is -0.145. The van der Waals surface area contributed by atoms with Gasteiger partial charge in [0.2, 0.25) is 0 Å². The molecule has 1 saturated heterocycles. The van der Waals surface area contributed by atoms with Crippen molar-refractivity contribution in [1.82, 2.24) is 5.32 Å². The second kappa shape index (κ2) is 4.95. The van der Waals surface area contributed by atoms with Crippen LogP contribution in [0, 0.1) is 5.92 Å². The van der Waals surface area contributed by atoms with Crippen molar-refractivity contribution in [3.63, 3.8) is 0 Å². The van der Waals surface area contributed by atoms with Gasteiger partial charge >= 0.3 is 5.97 Å². The molecule has 4 heteroatoms. The molecule has 1 N–H and O–H groups in total. The highest BCUT2D eigenvalue weighted by Gasteiger charge is 2.41. The second-order valence-electron chi connectivity index (χ2n) is 4.63. The van der Waals surface area contributed by atoms with Crippen LogP contribution in [0.1, 0.15) is 39.0 Å². The summed E-state index contributed by atoms with van der Waals surface area (Å²) >= 11 is 0. The Morgan fingerprint density at radius 2 is 2.31 bits per heavy atom. The van der Waals surface area contributed by atoms with Gasteiger partial charge in [-0.1, -0.05) is 6.42 Å². The summed E-state index contributed by atoms with van der Waals surface area (Å²) in [6.45, 7) is 2.20. The van der Waals surface area contributed by atoms with E-state index in [1.54, 1.807) is 6.92 Å². The summed E-state index contributed by atoms with van der Waals surface area (Å²) in [7, 11) is 0. The molecule has 1 heterocycles. The van der Waals surface area contributed by atoms with Gasteiger partial charge in [0, 0.05) is 18.4 Å². The zero-order valence-electron chi connectivity index (χ0n) is 9.70. The number of ketones is 1. The van der Waals surface area contributed by atoms with Gasteiger partial charge in [0.1, 0.15) is 11.8 Å². The van der Waals surface area contributed by atoms with Crippen LogP contribution in [0.25, 0.3) is 0 Å². The highest BCUT2D eigenvalue weighted by molar-refractivity contribution is 5.85. The maximum absolute atomic E-state index is 11.8. The van der Waals surface area contributed by atoms with E-state index in [1.165, 1.54) is 0 Å². The predicted molar refractivity (Wildman–Crippen MR) is 58.9 cm³/mol. The number of fused-ring (bicyclic) bond motifs is 1. The largest absolute Gasteiger partial charge is 0.465 e. The summed E-state index contributed by atoms with van der Waals surface area (Å²) in [5.41, 5.74) is 0. The first-order chi connectivity index (χ1) is 7.72. The Morgan fingerprint density at radius 1 is 1.50 bits per heavy atom. The normalized spacial score (nSPS) is 34.3. The molecule has 0 bridgehead atoms. The third-order valence-corrected chi connectivity index (χ3v) is 3.56. The first kappa shape index (κ1) is 11.6. The lowest BCUT2D eigenvalue weighted by Crippen LogP contribution is -2.37. The Labute approximate surface area is 95.7 Å². The molecule has 4 nitrogen and oxygen atoms in total. The number of ether oxygens (including phenoxy) is 1. The fourth-order valence-corrected chi connectivity index (χ4v) is 2.76.